The summed E-state index contributed by atoms with van der Waals surface area (Å²) in [4.78, 5) is 19.2. The van der Waals surface area contributed by atoms with Crippen LogP contribution in [-0.4, -0.2) is 47.7 Å². The topological polar surface area (TPSA) is 90.3 Å². The average Bonchev–Trinajstić information content (AvgIpc) is 3.08. The van der Waals surface area contributed by atoms with Crippen LogP contribution in [0.25, 0.3) is 0 Å². The number of nitrogens with one attached hydrogen (secondary N) is 3. The quantitative estimate of drug-likeness (QED) is 0.603. The summed E-state index contributed by atoms with van der Waals surface area (Å²) < 4.78 is 6.44. The van der Waals surface area contributed by atoms with Crippen LogP contribution in [0.4, 0.5) is 11.4 Å². The maximum Gasteiger partial charge on any atom is 0.235 e. The second-order valence-electron chi connectivity index (χ2n) is 9.03. The Hall–Kier alpha value is -3.19. The van der Waals surface area contributed by atoms with E-state index in [-0.39, 0.29) is 12.0 Å². The lowest BCUT2D eigenvalue weighted by Crippen LogP contribution is -2.40. The van der Waals surface area contributed by atoms with Crippen molar-refractivity contribution in [1.29, 1.82) is 5.41 Å². The van der Waals surface area contributed by atoms with Crippen molar-refractivity contribution >= 4 is 23.0 Å². The number of aromatic nitrogens is 1. The predicted octanol–water partition coefficient (Wildman–Crippen LogP) is 3.92. The minimum atomic E-state index is -0.449. The van der Waals surface area contributed by atoms with Crippen LogP contribution in [-0.2, 0) is 10.2 Å². The molecule has 0 radical (unpaired) electrons. The fourth-order valence-corrected chi connectivity index (χ4v) is 4.80. The van der Waals surface area contributed by atoms with E-state index in [0.717, 1.165) is 67.7 Å². The van der Waals surface area contributed by atoms with Crippen LogP contribution in [0.3, 0.4) is 0 Å². The average molecular weight is 432 g/mol. The fourth-order valence-electron chi connectivity index (χ4n) is 4.80. The summed E-state index contributed by atoms with van der Waals surface area (Å²) in [5.74, 6) is 0.773. The molecule has 1 amide bonds. The number of nitrogens with zero attached hydrogens (tertiary/aromatic N) is 2. The van der Waals surface area contributed by atoms with E-state index in [4.69, 9.17) is 10.1 Å². The molecule has 5 rings (SSSR count). The summed E-state index contributed by atoms with van der Waals surface area (Å²) in [6, 6.07) is 7.66. The summed E-state index contributed by atoms with van der Waals surface area (Å²) >= 11 is 0. The molecule has 2 aromatic rings. The van der Waals surface area contributed by atoms with Crippen LogP contribution in [0.2, 0.25) is 0 Å². The lowest BCUT2D eigenvalue weighted by Gasteiger charge is -2.36. The third-order valence-corrected chi connectivity index (χ3v) is 6.95. The molecule has 1 aromatic heterocycles. The van der Waals surface area contributed by atoms with Gasteiger partial charge in [-0.05, 0) is 68.6 Å². The first kappa shape index (κ1) is 20.7. The van der Waals surface area contributed by atoms with Crippen molar-refractivity contribution in [3.05, 3.63) is 60.1 Å². The Kier molecular flexibility index (Phi) is 5.43. The number of piperidine rings is 1. The maximum absolute atomic E-state index is 12.9. The number of pyridine rings is 1. The second-order valence-corrected chi connectivity index (χ2v) is 9.03. The molecule has 0 bridgehead atoms. The molecule has 3 N–H and O–H groups in total. The number of rotatable bonds is 6. The molecule has 1 saturated carbocycles. The van der Waals surface area contributed by atoms with Gasteiger partial charge in [0.05, 0.1) is 16.8 Å². The Labute approximate surface area is 188 Å². The highest BCUT2D eigenvalue weighted by Crippen LogP contribution is 2.54. The van der Waals surface area contributed by atoms with Crippen LogP contribution in [0, 0.1) is 5.41 Å². The Morgan fingerprint density at radius 3 is 2.72 bits per heavy atom. The highest BCUT2D eigenvalue weighted by Gasteiger charge is 2.52. The molecular formula is C25H29N5O2. The van der Waals surface area contributed by atoms with E-state index >= 15 is 0 Å². The van der Waals surface area contributed by atoms with Crippen molar-refractivity contribution in [3.8, 4) is 5.75 Å². The smallest absolute Gasteiger partial charge is 0.235 e. The van der Waals surface area contributed by atoms with Gasteiger partial charge in [0.15, 0.2) is 0 Å². The highest BCUT2D eigenvalue weighted by molar-refractivity contribution is 6.12. The standard InChI is InChI=1S/C25H29N5O2/c1-30-13-6-19(7-14-30)32-22-16-17(21(26)5-12-28-18-3-10-27-11-4-18)15-20-23(22)29-24(31)25(20)8-2-9-25/h3-5,10-12,15-16,19,26H,2,6-9,13-14H2,1H3,(H,27,28)(H,29,31)/b12-5-,26-21?. The summed E-state index contributed by atoms with van der Waals surface area (Å²) in [5.41, 5.74) is 3.40. The molecule has 2 fully saturated rings. The van der Waals surface area contributed by atoms with Crippen LogP contribution >= 0.6 is 0 Å². The Bertz CT molecular complexity index is 1050. The molecule has 2 aliphatic heterocycles. The van der Waals surface area contributed by atoms with Crippen molar-refractivity contribution < 1.29 is 9.53 Å². The third kappa shape index (κ3) is 3.77. The Morgan fingerprint density at radius 2 is 2.03 bits per heavy atom. The summed E-state index contributed by atoms with van der Waals surface area (Å²) in [6.07, 6.45) is 11.7. The molecule has 1 aromatic carbocycles. The first-order valence-electron chi connectivity index (χ1n) is 11.3. The fraction of sp³-hybridized carbons (Fsp3) is 0.400. The molecular weight excluding hydrogens is 402 g/mol. The molecule has 7 heteroatoms. The number of likely N-dealkylation sites (tertiary alicyclic amines) is 1. The third-order valence-electron chi connectivity index (χ3n) is 6.95. The molecule has 7 nitrogen and oxygen atoms in total. The first-order chi connectivity index (χ1) is 15.5. The lowest BCUT2D eigenvalue weighted by molar-refractivity contribution is -0.123. The number of carbonyl (C=O) groups excluding carboxylic acids is 1. The van der Waals surface area contributed by atoms with E-state index in [0.29, 0.717) is 11.5 Å². The van der Waals surface area contributed by atoms with Gasteiger partial charge in [-0.25, -0.2) is 0 Å². The predicted molar refractivity (Wildman–Crippen MR) is 126 cm³/mol. The molecule has 0 atom stereocenters. The number of anilines is 2. The summed E-state index contributed by atoms with van der Waals surface area (Å²) in [7, 11) is 2.13. The number of ether oxygens (including phenoxy) is 1. The van der Waals surface area contributed by atoms with Gasteiger partial charge in [-0.1, -0.05) is 6.42 Å². The van der Waals surface area contributed by atoms with E-state index in [2.05, 4.69) is 27.6 Å². The van der Waals surface area contributed by atoms with Gasteiger partial charge in [-0.15, -0.1) is 0 Å². The van der Waals surface area contributed by atoms with Crippen molar-refractivity contribution in [1.82, 2.24) is 9.88 Å². The molecule has 0 unspecified atom stereocenters. The van der Waals surface area contributed by atoms with Crippen LogP contribution in [0.5, 0.6) is 5.75 Å². The largest absolute Gasteiger partial charge is 0.488 e. The molecule has 3 heterocycles. The van der Waals surface area contributed by atoms with Gasteiger partial charge in [0, 0.05) is 42.9 Å². The van der Waals surface area contributed by atoms with Crippen molar-refractivity contribution in [2.45, 2.75) is 43.6 Å². The van der Waals surface area contributed by atoms with E-state index in [1.54, 1.807) is 24.7 Å². The minimum absolute atomic E-state index is 0.0746. The highest BCUT2D eigenvalue weighted by atomic mass is 16.5. The molecule has 1 spiro atoms. The van der Waals surface area contributed by atoms with Crippen LogP contribution in [0.1, 0.15) is 43.2 Å². The van der Waals surface area contributed by atoms with Crippen LogP contribution in [0.15, 0.2) is 48.9 Å². The second kappa shape index (κ2) is 8.39. The number of hydrogen-bond donors (Lipinski definition) is 3. The molecule has 32 heavy (non-hydrogen) atoms. The molecule has 1 aliphatic carbocycles. The number of amides is 1. The summed E-state index contributed by atoms with van der Waals surface area (Å²) in [6.45, 7) is 2.00. The number of hydrogen-bond acceptors (Lipinski definition) is 6. The van der Waals surface area contributed by atoms with E-state index in [1.165, 1.54) is 0 Å². The number of benzene rings is 1. The SMILES string of the molecule is CN1CCC(Oc2cc(C(=N)/C=C\Nc3ccncc3)cc3c2NC(=O)C32CCC2)CC1. The van der Waals surface area contributed by atoms with E-state index in [1.807, 2.05) is 24.3 Å². The van der Waals surface area contributed by atoms with Crippen molar-refractivity contribution in [2.24, 2.45) is 0 Å². The Morgan fingerprint density at radius 1 is 1.28 bits per heavy atom. The van der Waals surface area contributed by atoms with Gasteiger partial charge in [-0.3, -0.25) is 9.78 Å². The van der Waals surface area contributed by atoms with Gasteiger partial charge in [-0.2, -0.15) is 0 Å². The van der Waals surface area contributed by atoms with Gasteiger partial charge >= 0.3 is 0 Å². The van der Waals surface area contributed by atoms with E-state index in [9.17, 15) is 4.79 Å². The van der Waals surface area contributed by atoms with E-state index < -0.39 is 5.41 Å². The molecule has 1 saturated heterocycles. The Balaban J connectivity index is 1.42. The number of fused-ring (bicyclic) bond motifs is 2. The van der Waals surface area contributed by atoms with Crippen molar-refractivity contribution in [3.63, 3.8) is 0 Å². The first-order valence-corrected chi connectivity index (χ1v) is 11.3. The van der Waals surface area contributed by atoms with Crippen LogP contribution < -0.4 is 15.4 Å². The van der Waals surface area contributed by atoms with Gasteiger partial charge in [0.1, 0.15) is 11.9 Å². The zero-order valence-electron chi connectivity index (χ0n) is 18.4. The molecule has 3 aliphatic rings. The maximum atomic E-state index is 12.9. The number of carbonyl (C=O) groups is 1. The normalized spacial score (nSPS) is 20.1. The van der Waals surface area contributed by atoms with Gasteiger partial charge in [0.2, 0.25) is 5.91 Å². The molecule has 166 valence electrons. The van der Waals surface area contributed by atoms with Crippen molar-refractivity contribution in [2.75, 3.05) is 30.8 Å². The zero-order valence-corrected chi connectivity index (χ0v) is 18.4. The van der Waals surface area contributed by atoms with Gasteiger partial charge in [0.25, 0.3) is 0 Å². The van der Waals surface area contributed by atoms with Gasteiger partial charge < -0.3 is 25.7 Å². The monoisotopic (exact) mass is 431 g/mol. The zero-order chi connectivity index (χ0) is 22.1. The minimum Gasteiger partial charge on any atom is -0.488 e. The lowest BCUT2D eigenvalue weighted by atomic mass is 9.65. The summed E-state index contributed by atoms with van der Waals surface area (Å²) in [5, 5.41) is 14.9. The number of allylic oxidation sites excluding steroid dienone is 1.